The summed E-state index contributed by atoms with van der Waals surface area (Å²) in [6, 6.07) is 8.83. The van der Waals surface area contributed by atoms with E-state index in [4.69, 9.17) is 24.6 Å². The molecule has 1 aliphatic carbocycles. The number of anilines is 3. The van der Waals surface area contributed by atoms with Crippen molar-refractivity contribution >= 4 is 23.0 Å². The second-order valence-corrected chi connectivity index (χ2v) is 9.85. The lowest BCUT2D eigenvalue weighted by Crippen LogP contribution is -2.50. The number of hydrogen-bond donors (Lipinski definition) is 3. The number of rotatable bonds is 9. The molecule has 2 aromatic rings. The van der Waals surface area contributed by atoms with E-state index in [2.05, 4.69) is 10.2 Å². The number of alkyl halides is 3. The van der Waals surface area contributed by atoms with E-state index in [0.29, 0.717) is 63.4 Å². The fourth-order valence-electron chi connectivity index (χ4n) is 5.16. The quantitative estimate of drug-likeness (QED) is 0.380. The zero-order valence-electron chi connectivity index (χ0n) is 22.5. The Morgan fingerprint density at radius 1 is 1.00 bits per heavy atom. The van der Waals surface area contributed by atoms with Crippen LogP contribution in [0.5, 0.6) is 11.5 Å². The van der Waals surface area contributed by atoms with Gasteiger partial charge in [-0.15, -0.1) is 5.23 Å². The molecule has 1 saturated carbocycles. The number of benzene rings is 2. The van der Waals surface area contributed by atoms with Crippen LogP contribution in [-0.2, 0) is 15.7 Å². The van der Waals surface area contributed by atoms with Crippen molar-refractivity contribution < 1.29 is 42.6 Å². The SMILES string of the molecule is COc1ccc(N2CCN(C(=O)COC3CCC(Nc4ccc(N(O)O)c(C(F)(F)F)c4)CC3)CC2)c(OC)c1. The molecular weight excluding hydrogens is 533 g/mol. The van der Waals surface area contributed by atoms with Gasteiger partial charge in [0, 0.05) is 44.0 Å². The smallest absolute Gasteiger partial charge is 0.418 e. The molecule has 220 valence electrons. The van der Waals surface area contributed by atoms with Crippen LogP contribution in [0, 0.1) is 0 Å². The highest BCUT2D eigenvalue weighted by Crippen LogP contribution is 2.38. The molecule has 1 saturated heterocycles. The van der Waals surface area contributed by atoms with Gasteiger partial charge in [0.05, 0.1) is 31.6 Å². The van der Waals surface area contributed by atoms with Gasteiger partial charge in [-0.25, -0.2) is 0 Å². The van der Waals surface area contributed by atoms with Crippen LogP contribution < -0.4 is 24.9 Å². The Hall–Kier alpha value is -3.42. The molecule has 0 aromatic heterocycles. The van der Waals surface area contributed by atoms with Crippen LogP contribution in [0.15, 0.2) is 36.4 Å². The summed E-state index contributed by atoms with van der Waals surface area (Å²) in [4.78, 5) is 16.7. The molecule has 0 radical (unpaired) electrons. The fourth-order valence-corrected chi connectivity index (χ4v) is 5.16. The average Bonchev–Trinajstić information content (AvgIpc) is 2.95. The molecule has 1 heterocycles. The van der Waals surface area contributed by atoms with Crippen LogP contribution in [0.3, 0.4) is 0 Å². The summed E-state index contributed by atoms with van der Waals surface area (Å²) in [5, 5.41) is 20.7. The molecule has 0 atom stereocenters. The number of nitrogens with zero attached hydrogens (tertiary/aromatic N) is 3. The van der Waals surface area contributed by atoms with Crippen molar-refractivity contribution in [1.82, 2.24) is 4.90 Å². The van der Waals surface area contributed by atoms with Crippen molar-refractivity contribution in [3.8, 4) is 11.5 Å². The summed E-state index contributed by atoms with van der Waals surface area (Å²) in [6.07, 6.45) is -2.18. The number of piperazine rings is 1. The van der Waals surface area contributed by atoms with Crippen LogP contribution in [0.4, 0.5) is 30.2 Å². The molecule has 1 amide bonds. The Bertz CT molecular complexity index is 1150. The number of methoxy groups -OCH3 is 2. The molecule has 40 heavy (non-hydrogen) atoms. The van der Waals surface area contributed by atoms with Crippen molar-refractivity contribution in [3.05, 3.63) is 42.0 Å². The van der Waals surface area contributed by atoms with Gasteiger partial charge in [0.1, 0.15) is 23.8 Å². The minimum absolute atomic E-state index is 0.0101. The Morgan fingerprint density at radius 3 is 2.30 bits per heavy atom. The monoisotopic (exact) mass is 568 g/mol. The maximum atomic E-state index is 13.3. The lowest BCUT2D eigenvalue weighted by molar-refractivity contribution is -0.139. The van der Waals surface area contributed by atoms with Crippen molar-refractivity contribution in [2.24, 2.45) is 0 Å². The molecule has 10 nitrogen and oxygen atoms in total. The molecule has 4 rings (SSSR count). The van der Waals surface area contributed by atoms with Gasteiger partial charge in [-0.1, -0.05) is 0 Å². The van der Waals surface area contributed by atoms with Gasteiger partial charge in [-0.2, -0.15) is 13.2 Å². The standard InChI is InChI=1S/C27H35F3N4O6/c1-38-21-8-10-24(25(16-21)39-2)32-11-13-33(14-12-32)26(35)17-40-20-6-3-18(4-7-20)31-19-5-9-23(34(36)37)22(15-19)27(28,29)30/h5,8-10,15-16,18,20,31,36-37H,3-4,6-7,11-14,17H2,1-2H3. The largest absolute Gasteiger partial charge is 0.497 e. The predicted octanol–water partition coefficient (Wildman–Crippen LogP) is 4.40. The predicted molar refractivity (Wildman–Crippen MR) is 141 cm³/mol. The molecule has 1 aliphatic heterocycles. The molecule has 0 spiro atoms. The van der Waals surface area contributed by atoms with E-state index in [1.807, 2.05) is 18.2 Å². The van der Waals surface area contributed by atoms with E-state index < -0.39 is 22.7 Å². The first-order chi connectivity index (χ1) is 19.1. The summed E-state index contributed by atoms with van der Waals surface area (Å²) in [5.74, 6) is 1.36. The fraction of sp³-hybridized carbons (Fsp3) is 0.519. The van der Waals surface area contributed by atoms with E-state index in [9.17, 15) is 18.0 Å². The molecule has 2 aromatic carbocycles. The van der Waals surface area contributed by atoms with Gasteiger partial charge in [0.15, 0.2) is 0 Å². The summed E-state index contributed by atoms with van der Waals surface area (Å²) in [5.41, 5.74) is -0.709. The van der Waals surface area contributed by atoms with Crippen molar-refractivity contribution in [2.75, 3.05) is 62.4 Å². The first-order valence-corrected chi connectivity index (χ1v) is 13.1. The van der Waals surface area contributed by atoms with Gasteiger partial charge >= 0.3 is 6.18 Å². The third-order valence-corrected chi connectivity index (χ3v) is 7.36. The zero-order chi connectivity index (χ0) is 28.9. The summed E-state index contributed by atoms with van der Waals surface area (Å²) < 4.78 is 56.6. The number of nitrogens with one attached hydrogen (secondary N) is 1. The third kappa shape index (κ3) is 7.20. The van der Waals surface area contributed by atoms with Gasteiger partial charge < -0.3 is 29.3 Å². The Morgan fingerprint density at radius 2 is 1.70 bits per heavy atom. The van der Waals surface area contributed by atoms with Crippen LogP contribution in [-0.4, -0.2) is 80.4 Å². The normalized spacial score (nSPS) is 19.8. The zero-order valence-corrected chi connectivity index (χ0v) is 22.5. The summed E-state index contributed by atoms with van der Waals surface area (Å²) in [6.45, 7) is 2.45. The Kier molecular flexibility index (Phi) is 9.48. The van der Waals surface area contributed by atoms with Gasteiger partial charge in [-0.3, -0.25) is 15.2 Å². The molecule has 0 bridgehead atoms. The number of carbonyl (C=O) groups is 1. The van der Waals surface area contributed by atoms with Crippen LogP contribution in [0.1, 0.15) is 31.2 Å². The van der Waals surface area contributed by atoms with Crippen molar-refractivity contribution in [3.63, 3.8) is 0 Å². The minimum Gasteiger partial charge on any atom is -0.497 e. The summed E-state index contributed by atoms with van der Waals surface area (Å²) >= 11 is 0. The number of halogens is 3. The number of ether oxygens (including phenoxy) is 3. The lowest BCUT2D eigenvalue weighted by Gasteiger charge is -2.37. The number of hydrogen-bond acceptors (Lipinski definition) is 9. The van der Waals surface area contributed by atoms with E-state index in [1.165, 1.54) is 6.07 Å². The Labute approximate surface area is 230 Å². The second kappa shape index (κ2) is 12.8. The molecular formula is C27H35F3N4O6. The lowest BCUT2D eigenvalue weighted by atomic mass is 9.92. The van der Waals surface area contributed by atoms with E-state index >= 15 is 0 Å². The number of carbonyl (C=O) groups excluding carboxylic acids is 1. The van der Waals surface area contributed by atoms with Crippen molar-refractivity contribution in [1.29, 1.82) is 0 Å². The van der Waals surface area contributed by atoms with Gasteiger partial charge in [-0.05, 0) is 56.0 Å². The first kappa shape index (κ1) is 29.6. The molecule has 3 N–H and O–H groups in total. The average molecular weight is 569 g/mol. The highest BCUT2D eigenvalue weighted by atomic mass is 19.4. The Balaban J connectivity index is 1.21. The van der Waals surface area contributed by atoms with E-state index in [0.717, 1.165) is 17.8 Å². The van der Waals surface area contributed by atoms with Gasteiger partial charge in [0.2, 0.25) is 5.91 Å². The third-order valence-electron chi connectivity index (χ3n) is 7.36. The molecule has 13 heteroatoms. The van der Waals surface area contributed by atoms with Crippen molar-refractivity contribution in [2.45, 2.75) is 44.0 Å². The first-order valence-electron chi connectivity index (χ1n) is 13.1. The summed E-state index contributed by atoms with van der Waals surface area (Å²) in [7, 11) is 3.22. The highest BCUT2D eigenvalue weighted by Gasteiger charge is 2.35. The minimum atomic E-state index is -4.75. The number of amides is 1. The van der Waals surface area contributed by atoms with Crippen LogP contribution in [0.25, 0.3) is 0 Å². The maximum absolute atomic E-state index is 13.3. The van der Waals surface area contributed by atoms with Crippen LogP contribution >= 0.6 is 0 Å². The van der Waals surface area contributed by atoms with Crippen LogP contribution in [0.2, 0.25) is 0 Å². The van der Waals surface area contributed by atoms with E-state index in [1.54, 1.807) is 19.1 Å². The van der Waals surface area contributed by atoms with Gasteiger partial charge in [0.25, 0.3) is 0 Å². The van der Waals surface area contributed by atoms with E-state index in [-0.39, 0.29) is 30.3 Å². The molecule has 2 aliphatic rings. The maximum Gasteiger partial charge on any atom is 0.418 e. The molecule has 2 fully saturated rings. The molecule has 0 unspecified atom stereocenters. The highest BCUT2D eigenvalue weighted by molar-refractivity contribution is 5.78. The second-order valence-electron chi connectivity index (χ2n) is 9.85. The topological polar surface area (TPSA) is 107 Å².